The van der Waals surface area contributed by atoms with E-state index < -0.39 is 0 Å². The fraction of sp³-hybridized carbons (Fsp3) is 0.500. The van der Waals surface area contributed by atoms with Crippen LogP contribution >= 0.6 is 11.6 Å². The average Bonchev–Trinajstić information content (AvgIpc) is 2.48. The molecule has 2 heterocycles. The van der Waals surface area contributed by atoms with Crippen molar-refractivity contribution in [1.29, 1.82) is 0 Å². The third-order valence-corrected chi connectivity index (χ3v) is 4.61. The molecule has 0 aliphatic carbocycles. The molecule has 1 saturated heterocycles. The predicted molar refractivity (Wildman–Crippen MR) is 88.9 cm³/mol. The van der Waals surface area contributed by atoms with Crippen LogP contribution in [0.25, 0.3) is 5.70 Å². The normalized spacial score (nSPS) is 23.0. The largest absolute Gasteiger partial charge is 0.381 e. The molecule has 1 N–H and O–H groups in total. The zero-order valence-electron chi connectivity index (χ0n) is 13.1. The quantitative estimate of drug-likeness (QED) is 0.846. The molecule has 0 aromatic heterocycles. The molecule has 2 aliphatic heterocycles. The first-order chi connectivity index (χ1) is 10.4. The molecule has 1 aromatic carbocycles. The van der Waals surface area contributed by atoms with Crippen molar-refractivity contribution in [2.75, 3.05) is 13.2 Å². The van der Waals surface area contributed by atoms with Gasteiger partial charge in [-0.05, 0) is 50.8 Å². The highest BCUT2D eigenvalue weighted by molar-refractivity contribution is 6.30. The van der Waals surface area contributed by atoms with Gasteiger partial charge in [0.25, 0.3) is 0 Å². The molecule has 1 aromatic rings. The van der Waals surface area contributed by atoms with Gasteiger partial charge in [0.2, 0.25) is 0 Å². The molecule has 0 radical (unpaired) electrons. The van der Waals surface area contributed by atoms with Gasteiger partial charge in [-0.1, -0.05) is 17.7 Å². The fourth-order valence-electron chi connectivity index (χ4n) is 3.26. The van der Waals surface area contributed by atoms with E-state index in [2.05, 4.69) is 25.2 Å². The van der Waals surface area contributed by atoms with Crippen LogP contribution in [0, 0.1) is 5.92 Å². The molecule has 0 bridgehead atoms. The summed E-state index contributed by atoms with van der Waals surface area (Å²) in [6.07, 6.45) is 4.32. The Kier molecular flexibility index (Phi) is 4.28. The van der Waals surface area contributed by atoms with Crippen LogP contribution in [0.1, 0.15) is 37.8 Å². The molecule has 22 heavy (non-hydrogen) atoms. The molecule has 0 amide bonds. The van der Waals surface area contributed by atoms with Crippen molar-refractivity contribution in [2.24, 2.45) is 5.92 Å². The van der Waals surface area contributed by atoms with Crippen molar-refractivity contribution in [2.45, 2.75) is 38.6 Å². The van der Waals surface area contributed by atoms with Gasteiger partial charge >= 0.3 is 0 Å². The third-order valence-electron chi connectivity index (χ3n) is 4.38. The standard InChI is InChI=1S/C18H22ClNO2/c1-18(2)11-13-3-4-14(19)9-15(13)16(20-18)10-17(21)12-5-7-22-8-6-12/h3-4,9-10,12,20H,5-8,11H2,1-2H3/b16-10-. The smallest absolute Gasteiger partial charge is 0.161 e. The first-order valence-electron chi connectivity index (χ1n) is 7.85. The molecule has 0 spiro atoms. The number of halogens is 1. The van der Waals surface area contributed by atoms with Gasteiger partial charge in [-0.3, -0.25) is 4.79 Å². The van der Waals surface area contributed by atoms with E-state index >= 15 is 0 Å². The monoisotopic (exact) mass is 319 g/mol. The zero-order valence-corrected chi connectivity index (χ0v) is 13.9. The Morgan fingerprint density at radius 2 is 2.09 bits per heavy atom. The lowest BCUT2D eigenvalue weighted by molar-refractivity contribution is -0.120. The van der Waals surface area contributed by atoms with E-state index in [0.717, 1.165) is 30.5 Å². The summed E-state index contributed by atoms with van der Waals surface area (Å²) in [4.78, 5) is 12.6. The molecule has 3 rings (SSSR count). The highest BCUT2D eigenvalue weighted by Gasteiger charge is 2.29. The van der Waals surface area contributed by atoms with Crippen molar-refractivity contribution in [3.8, 4) is 0 Å². The van der Waals surface area contributed by atoms with E-state index in [0.29, 0.717) is 18.2 Å². The maximum absolute atomic E-state index is 12.6. The highest BCUT2D eigenvalue weighted by Crippen LogP contribution is 2.32. The molecule has 3 nitrogen and oxygen atoms in total. The Bertz CT molecular complexity index is 616. The maximum atomic E-state index is 12.6. The van der Waals surface area contributed by atoms with Gasteiger partial charge in [0.1, 0.15) is 0 Å². The summed E-state index contributed by atoms with van der Waals surface area (Å²) >= 11 is 6.14. The molecular formula is C18H22ClNO2. The number of ether oxygens (including phenoxy) is 1. The van der Waals surface area contributed by atoms with Gasteiger partial charge in [0.05, 0.1) is 0 Å². The molecule has 0 atom stereocenters. The first-order valence-corrected chi connectivity index (χ1v) is 8.23. The number of benzene rings is 1. The van der Waals surface area contributed by atoms with Crippen LogP contribution in [0.5, 0.6) is 0 Å². The Labute approximate surface area is 136 Å². The number of hydrogen-bond acceptors (Lipinski definition) is 3. The van der Waals surface area contributed by atoms with Crippen LogP contribution in [0.2, 0.25) is 5.02 Å². The molecule has 2 aliphatic rings. The molecule has 0 unspecified atom stereocenters. The van der Waals surface area contributed by atoms with Crippen molar-refractivity contribution < 1.29 is 9.53 Å². The number of carbonyl (C=O) groups excluding carboxylic acids is 1. The maximum Gasteiger partial charge on any atom is 0.161 e. The summed E-state index contributed by atoms with van der Waals surface area (Å²) in [5.74, 6) is 0.269. The molecular weight excluding hydrogens is 298 g/mol. The number of fused-ring (bicyclic) bond motifs is 1. The van der Waals surface area contributed by atoms with E-state index in [1.54, 1.807) is 6.08 Å². The summed E-state index contributed by atoms with van der Waals surface area (Å²) in [7, 11) is 0. The number of rotatable bonds is 2. The number of allylic oxidation sites excluding steroid dienone is 1. The van der Waals surface area contributed by atoms with Gasteiger partial charge < -0.3 is 10.1 Å². The summed E-state index contributed by atoms with van der Waals surface area (Å²) < 4.78 is 5.34. The Balaban J connectivity index is 1.93. The molecule has 0 saturated carbocycles. The van der Waals surface area contributed by atoms with Crippen molar-refractivity contribution >= 4 is 23.1 Å². The van der Waals surface area contributed by atoms with Crippen LogP contribution < -0.4 is 5.32 Å². The second-order valence-corrected chi connectivity index (χ2v) is 7.27. The van der Waals surface area contributed by atoms with E-state index in [4.69, 9.17) is 16.3 Å². The second kappa shape index (κ2) is 6.05. The summed E-state index contributed by atoms with van der Waals surface area (Å²) in [5.41, 5.74) is 3.11. The van der Waals surface area contributed by atoms with E-state index in [-0.39, 0.29) is 17.2 Å². The Hall–Kier alpha value is -1.32. The topological polar surface area (TPSA) is 38.3 Å². The van der Waals surface area contributed by atoms with Gasteiger partial charge in [0.15, 0.2) is 5.78 Å². The number of carbonyl (C=O) groups is 1. The molecule has 118 valence electrons. The zero-order chi connectivity index (χ0) is 15.7. The Morgan fingerprint density at radius 3 is 2.82 bits per heavy atom. The SMILES string of the molecule is CC1(C)Cc2ccc(Cl)cc2/C(=C/C(=O)C2CCOCC2)N1. The minimum atomic E-state index is -0.0668. The number of hydrogen-bond donors (Lipinski definition) is 1. The van der Waals surface area contributed by atoms with Crippen LogP contribution in [0.3, 0.4) is 0 Å². The lowest BCUT2D eigenvalue weighted by Gasteiger charge is -2.36. The summed E-state index contributed by atoms with van der Waals surface area (Å²) in [6.45, 7) is 5.66. The molecule has 4 heteroatoms. The minimum absolute atomic E-state index is 0.0668. The molecule has 1 fully saturated rings. The summed E-state index contributed by atoms with van der Waals surface area (Å²) in [5, 5.41) is 4.20. The van der Waals surface area contributed by atoms with Gasteiger partial charge in [-0.2, -0.15) is 0 Å². The first kappa shape index (κ1) is 15.6. The average molecular weight is 320 g/mol. The minimum Gasteiger partial charge on any atom is -0.381 e. The van der Waals surface area contributed by atoms with Gasteiger partial charge in [-0.25, -0.2) is 0 Å². The van der Waals surface area contributed by atoms with E-state index in [1.807, 2.05) is 12.1 Å². The van der Waals surface area contributed by atoms with Crippen LogP contribution in [0.4, 0.5) is 0 Å². The third kappa shape index (κ3) is 3.36. The lowest BCUT2D eigenvalue weighted by atomic mass is 9.85. The second-order valence-electron chi connectivity index (χ2n) is 6.83. The van der Waals surface area contributed by atoms with Crippen LogP contribution in [-0.2, 0) is 16.0 Å². The van der Waals surface area contributed by atoms with Gasteiger partial charge in [0, 0.05) is 47.0 Å². The van der Waals surface area contributed by atoms with E-state index in [1.165, 1.54) is 5.56 Å². The highest BCUT2D eigenvalue weighted by atomic mass is 35.5. The van der Waals surface area contributed by atoms with Crippen LogP contribution in [-0.4, -0.2) is 24.5 Å². The lowest BCUT2D eigenvalue weighted by Crippen LogP contribution is -2.44. The Morgan fingerprint density at radius 1 is 1.36 bits per heavy atom. The van der Waals surface area contributed by atoms with Crippen LogP contribution in [0.15, 0.2) is 24.3 Å². The van der Waals surface area contributed by atoms with Gasteiger partial charge in [-0.15, -0.1) is 0 Å². The van der Waals surface area contributed by atoms with Crippen molar-refractivity contribution in [3.05, 3.63) is 40.4 Å². The van der Waals surface area contributed by atoms with E-state index in [9.17, 15) is 4.79 Å². The van der Waals surface area contributed by atoms with Crippen molar-refractivity contribution in [3.63, 3.8) is 0 Å². The number of ketones is 1. The summed E-state index contributed by atoms with van der Waals surface area (Å²) in [6, 6.07) is 5.93. The number of nitrogens with one attached hydrogen (secondary N) is 1. The van der Waals surface area contributed by atoms with Crippen molar-refractivity contribution in [1.82, 2.24) is 5.32 Å². The predicted octanol–water partition coefficient (Wildman–Crippen LogP) is 3.60. The fourth-order valence-corrected chi connectivity index (χ4v) is 3.43.